The molecular formula is C26H27N3O4S. The maximum atomic E-state index is 13.4. The van der Waals surface area contributed by atoms with Crippen LogP contribution in [0.5, 0.6) is 5.75 Å². The number of urea groups is 1. The Morgan fingerprint density at radius 3 is 2.56 bits per heavy atom. The van der Waals surface area contributed by atoms with E-state index < -0.39 is 18.0 Å². The summed E-state index contributed by atoms with van der Waals surface area (Å²) in [6.45, 7) is 4.83. The highest BCUT2D eigenvalue weighted by Gasteiger charge is 2.46. The summed E-state index contributed by atoms with van der Waals surface area (Å²) >= 11 is 1.51. The minimum Gasteiger partial charge on any atom is -0.494 e. The number of anilines is 2. The molecule has 0 aliphatic carbocycles. The Balaban J connectivity index is 1.51. The molecule has 1 saturated heterocycles. The van der Waals surface area contributed by atoms with Gasteiger partial charge in [-0.3, -0.25) is 9.59 Å². The smallest absolute Gasteiger partial charge is 0.332 e. The molecule has 2 heterocycles. The fourth-order valence-electron chi connectivity index (χ4n) is 3.83. The summed E-state index contributed by atoms with van der Waals surface area (Å²) in [5, 5.41) is 4.75. The molecule has 0 saturated carbocycles. The Morgan fingerprint density at radius 2 is 1.88 bits per heavy atom. The summed E-state index contributed by atoms with van der Waals surface area (Å²) in [6, 6.07) is 16.8. The van der Waals surface area contributed by atoms with E-state index in [0.717, 1.165) is 22.6 Å². The van der Waals surface area contributed by atoms with Crippen LogP contribution < -0.4 is 15.0 Å². The molecular weight excluding hydrogens is 450 g/mol. The second kappa shape index (κ2) is 10.5. The second-order valence-corrected chi connectivity index (χ2v) is 9.18. The molecule has 1 N–H and O–H groups in total. The number of carbonyl (C=O) groups excluding carboxylic acids is 3. The van der Waals surface area contributed by atoms with Gasteiger partial charge in [0.05, 0.1) is 25.3 Å². The highest BCUT2D eigenvalue weighted by atomic mass is 32.1. The fourth-order valence-corrected chi connectivity index (χ4v) is 4.53. The number of aryl methyl sites for hydroxylation is 1. The number of hydrogen-bond acceptors (Lipinski definition) is 5. The van der Waals surface area contributed by atoms with Crippen molar-refractivity contribution in [1.82, 2.24) is 4.90 Å². The van der Waals surface area contributed by atoms with E-state index in [4.69, 9.17) is 4.74 Å². The van der Waals surface area contributed by atoms with E-state index in [1.165, 1.54) is 21.1 Å². The topological polar surface area (TPSA) is 79.0 Å². The first-order valence-corrected chi connectivity index (χ1v) is 12.1. The number of carbonyl (C=O) groups is 3. The molecule has 1 aliphatic rings. The van der Waals surface area contributed by atoms with Crippen LogP contribution in [0.25, 0.3) is 0 Å². The molecule has 0 bridgehead atoms. The summed E-state index contributed by atoms with van der Waals surface area (Å²) in [5.74, 6) is -0.00592. The summed E-state index contributed by atoms with van der Waals surface area (Å²) in [7, 11) is 0. The molecule has 1 atom stereocenters. The van der Waals surface area contributed by atoms with Gasteiger partial charge in [-0.05, 0) is 66.8 Å². The van der Waals surface area contributed by atoms with E-state index in [1.54, 1.807) is 36.4 Å². The summed E-state index contributed by atoms with van der Waals surface area (Å²) in [6.07, 6.45) is 0.778. The SMILES string of the molecule is CCCOc1ccc(NC(=O)C[C@@H]2C(=O)N(c3cccc(C)c3)C(=O)N2Cc2cccs2)cc1. The van der Waals surface area contributed by atoms with E-state index in [1.807, 2.05) is 43.5 Å². The van der Waals surface area contributed by atoms with Crippen molar-refractivity contribution in [3.8, 4) is 5.75 Å². The molecule has 4 amide bonds. The highest BCUT2D eigenvalue weighted by Crippen LogP contribution is 2.30. The number of ether oxygens (including phenoxy) is 1. The molecule has 0 radical (unpaired) electrons. The van der Waals surface area contributed by atoms with Crippen LogP contribution in [0.2, 0.25) is 0 Å². The standard InChI is InChI=1S/C26H27N3O4S/c1-3-13-33-21-11-9-19(10-12-21)27-24(30)16-23-25(31)29(20-7-4-6-18(2)15-20)26(32)28(23)17-22-8-5-14-34-22/h4-12,14-15,23H,3,13,16-17H2,1-2H3,(H,27,30)/t23-/m1/s1. The van der Waals surface area contributed by atoms with Crippen LogP contribution in [0.4, 0.5) is 16.2 Å². The van der Waals surface area contributed by atoms with Crippen LogP contribution in [0, 0.1) is 6.92 Å². The van der Waals surface area contributed by atoms with E-state index >= 15 is 0 Å². The molecule has 7 nitrogen and oxygen atoms in total. The predicted molar refractivity (Wildman–Crippen MR) is 133 cm³/mol. The van der Waals surface area contributed by atoms with Gasteiger partial charge in [-0.1, -0.05) is 25.1 Å². The Kier molecular flexibility index (Phi) is 7.27. The number of thiophene rings is 1. The van der Waals surface area contributed by atoms with Gasteiger partial charge >= 0.3 is 6.03 Å². The summed E-state index contributed by atoms with van der Waals surface area (Å²) < 4.78 is 5.57. The van der Waals surface area contributed by atoms with Crippen molar-refractivity contribution in [2.24, 2.45) is 0 Å². The molecule has 0 spiro atoms. The van der Waals surface area contributed by atoms with E-state index in [2.05, 4.69) is 5.32 Å². The van der Waals surface area contributed by atoms with Crippen LogP contribution in [0.3, 0.4) is 0 Å². The number of amides is 4. The van der Waals surface area contributed by atoms with E-state index in [0.29, 0.717) is 18.0 Å². The number of imide groups is 1. The number of benzene rings is 2. The molecule has 176 valence electrons. The third-order valence-corrected chi connectivity index (χ3v) is 6.34. The molecule has 34 heavy (non-hydrogen) atoms. The van der Waals surface area contributed by atoms with E-state index in [-0.39, 0.29) is 18.9 Å². The number of hydrogen-bond donors (Lipinski definition) is 1. The van der Waals surface area contributed by atoms with Gasteiger partial charge in [0.1, 0.15) is 11.8 Å². The third-order valence-electron chi connectivity index (χ3n) is 5.47. The van der Waals surface area contributed by atoms with Crippen molar-refractivity contribution in [3.05, 3.63) is 76.5 Å². The first-order valence-electron chi connectivity index (χ1n) is 11.2. The van der Waals surface area contributed by atoms with Gasteiger partial charge in [0.2, 0.25) is 5.91 Å². The monoisotopic (exact) mass is 477 g/mol. The fraction of sp³-hybridized carbons (Fsp3) is 0.269. The van der Waals surface area contributed by atoms with Gasteiger partial charge in [0.15, 0.2) is 0 Å². The normalized spacial score (nSPS) is 15.6. The first-order chi connectivity index (χ1) is 16.5. The predicted octanol–water partition coefficient (Wildman–Crippen LogP) is 5.21. The zero-order valence-electron chi connectivity index (χ0n) is 19.2. The molecule has 1 aromatic heterocycles. The molecule has 4 rings (SSSR count). The number of nitrogens with zero attached hydrogens (tertiary/aromatic N) is 2. The Hall–Kier alpha value is -3.65. The van der Waals surface area contributed by atoms with Gasteiger partial charge in [0, 0.05) is 10.6 Å². The first kappa shape index (κ1) is 23.5. The quantitative estimate of drug-likeness (QED) is 0.429. The van der Waals surface area contributed by atoms with Crippen LogP contribution in [0.15, 0.2) is 66.0 Å². The lowest BCUT2D eigenvalue weighted by atomic mass is 10.1. The van der Waals surface area contributed by atoms with Crippen molar-refractivity contribution in [2.45, 2.75) is 39.3 Å². The molecule has 8 heteroatoms. The number of nitrogens with one attached hydrogen (secondary N) is 1. The van der Waals surface area contributed by atoms with Crippen molar-refractivity contribution in [1.29, 1.82) is 0 Å². The average molecular weight is 478 g/mol. The van der Waals surface area contributed by atoms with Crippen molar-refractivity contribution in [2.75, 3.05) is 16.8 Å². The minimum atomic E-state index is -0.887. The van der Waals surface area contributed by atoms with Gasteiger partial charge in [-0.25, -0.2) is 9.69 Å². The number of rotatable bonds is 9. The summed E-state index contributed by atoms with van der Waals surface area (Å²) in [4.78, 5) is 43.2. The molecule has 3 aromatic rings. The van der Waals surface area contributed by atoms with Crippen LogP contribution in [-0.2, 0) is 16.1 Å². The highest BCUT2D eigenvalue weighted by molar-refractivity contribution is 7.09. The molecule has 2 aromatic carbocycles. The Bertz CT molecular complexity index is 1160. The second-order valence-electron chi connectivity index (χ2n) is 8.14. The van der Waals surface area contributed by atoms with Crippen LogP contribution in [-0.4, -0.2) is 35.4 Å². The lowest BCUT2D eigenvalue weighted by Crippen LogP contribution is -2.37. The zero-order valence-corrected chi connectivity index (χ0v) is 20.0. The van der Waals surface area contributed by atoms with Crippen LogP contribution >= 0.6 is 11.3 Å². The maximum Gasteiger partial charge on any atom is 0.332 e. The lowest BCUT2D eigenvalue weighted by Gasteiger charge is -2.21. The van der Waals surface area contributed by atoms with Gasteiger partial charge < -0.3 is 15.0 Å². The summed E-state index contributed by atoms with van der Waals surface area (Å²) in [5.41, 5.74) is 2.05. The maximum absolute atomic E-state index is 13.4. The molecule has 1 aliphatic heterocycles. The largest absolute Gasteiger partial charge is 0.494 e. The van der Waals surface area contributed by atoms with E-state index in [9.17, 15) is 14.4 Å². The Morgan fingerprint density at radius 1 is 1.09 bits per heavy atom. The lowest BCUT2D eigenvalue weighted by molar-refractivity contribution is -0.124. The third kappa shape index (κ3) is 5.28. The zero-order chi connectivity index (χ0) is 24.1. The van der Waals surface area contributed by atoms with Gasteiger partial charge in [-0.2, -0.15) is 0 Å². The minimum absolute atomic E-state index is 0.133. The molecule has 1 fully saturated rings. The Labute approximate surface area is 202 Å². The van der Waals surface area contributed by atoms with Gasteiger partial charge in [-0.15, -0.1) is 11.3 Å². The van der Waals surface area contributed by atoms with Gasteiger partial charge in [0.25, 0.3) is 5.91 Å². The van der Waals surface area contributed by atoms with Crippen molar-refractivity contribution < 1.29 is 19.1 Å². The molecule has 0 unspecified atom stereocenters. The van der Waals surface area contributed by atoms with Crippen molar-refractivity contribution in [3.63, 3.8) is 0 Å². The van der Waals surface area contributed by atoms with Crippen molar-refractivity contribution >= 4 is 40.6 Å². The average Bonchev–Trinajstić information content (AvgIpc) is 3.41. The van der Waals surface area contributed by atoms with Crippen LogP contribution in [0.1, 0.15) is 30.2 Å².